The van der Waals surface area contributed by atoms with Crippen LogP contribution in [0, 0.1) is 11.1 Å². The summed E-state index contributed by atoms with van der Waals surface area (Å²) >= 11 is 0. The van der Waals surface area contributed by atoms with Crippen LogP contribution in [0.4, 0.5) is 0 Å². The van der Waals surface area contributed by atoms with E-state index in [1.165, 1.54) is 6.92 Å². The van der Waals surface area contributed by atoms with E-state index in [4.69, 9.17) is 14.2 Å². The van der Waals surface area contributed by atoms with Crippen LogP contribution in [-0.2, 0) is 28.8 Å². The van der Waals surface area contributed by atoms with Gasteiger partial charge in [-0.3, -0.25) is 8.92 Å². The van der Waals surface area contributed by atoms with Gasteiger partial charge >= 0.3 is 37.7 Å². The van der Waals surface area contributed by atoms with Crippen LogP contribution >= 0.6 is 0 Å². The average Bonchev–Trinajstić information content (AvgIpc) is 2.88. The van der Waals surface area contributed by atoms with Crippen LogP contribution in [0.2, 0.25) is 0 Å². The maximum atomic E-state index is 11.1. The van der Waals surface area contributed by atoms with E-state index in [0.717, 1.165) is 0 Å². The van der Waals surface area contributed by atoms with Crippen molar-refractivity contribution in [2.24, 2.45) is 5.92 Å². The maximum absolute atomic E-state index is 11.1. The van der Waals surface area contributed by atoms with Crippen LogP contribution in [0.3, 0.4) is 0 Å². The Hall–Kier alpha value is 0.770. The molecule has 162 valence electrons. The molecular formula is C13H25CaNO12S. The third-order valence-electron chi connectivity index (χ3n) is 4.62. The molecule has 0 aromatic carbocycles. The number of aliphatic hydroxyl groups excluding tert-OH is 3. The minimum atomic E-state index is -5.16. The monoisotopic (exact) mass is 459 g/mol. The topological polar surface area (TPSA) is 224 Å². The zero-order chi connectivity index (χ0) is 19.6. The standard InChI is InChI=1S/C13H25NO11S.Ca.H2O/c1-3-6-11(9(17)7(4-15)22-6)23-13-10(25-26(19,20)21)5(2)8(16)12(14-18)24-13;;/h5-13,15-17H,3-4,14H2,1-2H3,(H,19,20,21);;1H2/q;+2;/p-2. The number of nitrogens with two attached hydrogens (primary N) is 1. The van der Waals surface area contributed by atoms with Gasteiger partial charge in [0.25, 0.3) is 0 Å². The van der Waals surface area contributed by atoms with E-state index < -0.39 is 72.1 Å². The Balaban J connectivity index is 0.00000364. The predicted octanol–water partition coefficient (Wildman–Crippen LogP) is -4.07. The van der Waals surface area contributed by atoms with Crippen molar-refractivity contribution in [2.75, 3.05) is 6.61 Å². The van der Waals surface area contributed by atoms with Gasteiger partial charge in [-0.2, -0.15) is 0 Å². The van der Waals surface area contributed by atoms with Crippen molar-refractivity contribution in [1.82, 2.24) is 0 Å². The summed E-state index contributed by atoms with van der Waals surface area (Å²) in [4.78, 5) is 0. The molecule has 0 amide bonds. The van der Waals surface area contributed by atoms with Gasteiger partial charge in [-0.05, 0) is 6.42 Å². The number of aliphatic hydroxyl groups is 3. The van der Waals surface area contributed by atoms with Crippen molar-refractivity contribution in [3.63, 3.8) is 0 Å². The van der Waals surface area contributed by atoms with Gasteiger partial charge in [-0.25, -0.2) is 8.42 Å². The molecule has 0 aliphatic carbocycles. The number of rotatable bonds is 7. The fourth-order valence-corrected chi connectivity index (χ4v) is 3.70. The zero-order valence-corrected chi connectivity index (χ0v) is 18.4. The van der Waals surface area contributed by atoms with Gasteiger partial charge in [-0.1, -0.05) is 13.8 Å². The normalized spacial score (nSPS) is 41.2. The largest absolute Gasteiger partial charge is 2.00 e. The van der Waals surface area contributed by atoms with Gasteiger partial charge in [-0.15, -0.1) is 0 Å². The molecule has 13 nitrogen and oxygen atoms in total. The molecule has 15 heteroatoms. The molecule has 0 radical (unpaired) electrons. The molecule has 0 aromatic heterocycles. The number of hydrogen-bond acceptors (Lipinski definition) is 12. The van der Waals surface area contributed by atoms with Gasteiger partial charge in [0.1, 0.15) is 30.5 Å². The Morgan fingerprint density at radius 1 is 1.14 bits per heavy atom. The van der Waals surface area contributed by atoms with Crippen LogP contribution < -0.4 is 5.48 Å². The molecule has 2 fully saturated rings. The van der Waals surface area contributed by atoms with Gasteiger partial charge in [0.2, 0.25) is 16.6 Å². The Kier molecular flexibility index (Phi) is 12.3. The van der Waals surface area contributed by atoms with Crippen molar-refractivity contribution in [1.29, 1.82) is 0 Å². The van der Waals surface area contributed by atoms with E-state index in [9.17, 15) is 33.5 Å². The van der Waals surface area contributed by atoms with Crippen molar-refractivity contribution in [3.05, 3.63) is 5.21 Å². The summed E-state index contributed by atoms with van der Waals surface area (Å²) in [7, 11) is -5.16. The van der Waals surface area contributed by atoms with Gasteiger partial charge < -0.3 is 45.5 Å². The van der Waals surface area contributed by atoms with E-state index in [0.29, 0.717) is 11.9 Å². The molecule has 2 aliphatic heterocycles. The third kappa shape index (κ3) is 6.63. The second kappa shape index (κ2) is 12.0. The summed E-state index contributed by atoms with van der Waals surface area (Å²) in [6.45, 7) is 2.64. The minimum absolute atomic E-state index is 0. The zero-order valence-electron chi connectivity index (χ0n) is 15.4. The SMILES string of the molecule is CCC1OC(CO)C(O)C1OC1OC([NH2+][O-])C(O)C(C)C1OS(=O)(=O)[O-].[Ca+2].[OH-]. The van der Waals surface area contributed by atoms with E-state index in [2.05, 4.69) is 4.18 Å². The summed E-state index contributed by atoms with van der Waals surface area (Å²) in [6.07, 6.45) is -9.29. The molecule has 6 N–H and O–H groups in total. The van der Waals surface area contributed by atoms with E-state index in [-0.39, 0.29) is 43.2 Å². The molecule has 2 heterocycles. The molecule has 0 bridgehead atoms. The molecule has 0 spiro atoms. The van der Waals surface area contributed by atoms with Crippen LogP contribution in [0.15, 0.2) is 0 Å². The molecule has 28 heavy (non-hydrogen) atoms. The molecule has 2 aliphatic rings. The molecule has 2 rings (SSSR count). The fourth-order valence-electron chi connectivity index (χ4n) is 3.16. The number of hydroxylamine groups is 1. The fraction of sp³-hybridized carbons (Fsp3) is 1.00. The third-order valence-corrected chi connectivity index (χ3v) is 5.08. The maximum Gasteiger partial charge on any atom is 2.00 e. The van der Waals surface area contributed by atoms with Crippen molar-refractivity contribution >= 4 is 48.1 Å². The first-order valence-corrected chi connectivity index (χ1v) is 9.49. The Morgan fingerprint density at radius 2 is 1.75 bits per heavy atom. The van der Waals surface area contributed by atoms with E-state index >= 15 is 0 Å². The Bertz CT molecular complexity index is 566. The van der Waals surface area contributed by atoms with Gasteiger partial charge in [0.15, 0.2) is 6.29 Å². The van der Waals surface area contributed by atoms with Gasteiger partial charge in [0.05, 0.1) is 12.7 Å². The van der Waals surface area contributed by atoms with E-state index in [1.807, 2.05) is 0 Å². The van der Waals surface area contributed by atoms with Gasteiger partial charge in [0, 0.05) is 5.92 Å². The second-order valence-electron chi connectivity index (χ2n) is 6.32. The molecule has 2 saturated heterocycles. The summed E-state index contributed by atoms with van der Waals surface area (Å²) in [5.74, 6) is -0.999. The average molecular weight is 459 g/mol. The first-order valence-electron chi connectivity index (χ1n) is 8.15. The molecule has 0 saturated carbocycles. The second-order valence-corrected chi connectivity index (χ2v) is 7.33. The van der Waals surface area contributed by atoms with Crippen LogP contribution in [0.1, 0.15) is 20.3 Å². The first kappa shape index (κ1) is 28.8. The molecule has 9 atom stereocenters. The van der Waals surface area contributed by atoms with Crippen LogP contribution in [0.25, 0.3) is 0 Å². The first-order chi connectivity index (χ1) is 12.1. The summed E-state index contributed by atoms with van der Waals surface area (Å²) in [6, 6.07) is 0. The number of quaternary nitrogens is 1. The van der Waals surface area contributed by atoms with Crippen molar-refractivity contribution in [3.8, 4) is 0 Å². The Morgan fingerprint density at radius 3 is 2.21 bits per heavy atom. The van der Waals surface area contributed by atoms with Crippen molar-refractivity contribution in [2.45, 2.75) is 69.4 Å². The van der Waals surface area contributed by atoms with Crippen LogP contribution in [-0.4, -0.2) is 127 Å². The van der Waals surface area contributed by atoms with Crippen molar-refractivity contribution < 1.29 is 57.6 Å². The summed E-state index contributed by atoms with van der Waals surface area (Å²) in [5, 5.41) is 40.6. The molecular weight excluding hydrogens is 434 g/mol. The van der Waals surface area contributed by atoms with E-state index in [1.54, 1.807) is 6.92 Å². The summed E-state index contributed by atoms with van der Waals surface area (Å²) in [5.41, 5.74) is 0.314. The molecule has 9 unspecified atom stereocenters. The Labute approximate surface area is 192 Å². The number of ether oxygens (including phenoxy) is 3. The van der Waals surface area contributed by atoms with Crippen LogP contribution in [0.5, 0.6) is 0 Å². The predicted molar refractivity (Wildman–Crippen MR) is 88.3 cm³/mol. The summed E-state index contributed by atoms with van der Waals surface area (Å²) < 4.78 is 53.8. The molecule has 0 aromatic rings. The number of hydrogen-bond donors (Lipinski definition) is 4. The quantitative estimate of drug-likeness (QED) is 0.123. The smallest absolute Gasteiger partial charge is 0.870 e. The minimum Gasteiger partial charge on any atom is -0.870 e.